The van der Waals surface area contributed by atoms with Crippen LogP contribution in [0.5, 0.6) is 0 Å². The molecule has 0 bridgehead atoms. The van der Waals surface area contributed by atoms with E-state index in [0.29, 0.717) is 5.92 Å². The van der Waals surface area contributed by atoms with E-state index in [1.165, 1.54) is 6.07 Å². The Labute approximate surface area is 164 Å². The van der Waals surface area contributed by atoms with Gasteiger partial charge in [0.2, 0.25) is 0 Å². The molecule has 2 amide bonds. The van der Waals surface area contributed by atoms with Gasteiger partial charge in [0, 0.05) is 18.8 Å². The van der Waals surface area contributed by atoms with E-state index in [2.05, 4.69) is 10.2 Å². The number of likely N-dealkylation sites (tertiary alicyclic amines) is 1. The van der Waals surface area contributed by atoms with Crippen molar-refractivity contribution in [3.63, 3.8) is 0 Å². The molecule has 4 nitrogen and oxygen atoms in total. The lowest BCUT2D eigenvalue weighted by Crippen LogP contribution is -2.36. The minimum absolute atomic E-state index is 0.183. The van der Waals surface area contributed by atoms with E-state index in [9.17, 15) is 9.18 Å². The van der Waals surface area contributed by atoms with E-state index in [-0.39, 0.29) is 10.8 Å². The Morgan fingerprint density at radius 2 is 2.19 bits per heavy atom. The molecular formula is C21H25ClFN3O. The van der Waals surface area contributed by atoms with Gasteiger partial charge in [-0.05, 0) is 73.5 Å². The van der Waals surface area contributed by atoms with Crippen molar-refractivity contribution in [2.24, 2.45) is 11.7 Å². The molecule has 1 aliphatic heterocycles. The number of aryl methyl sites for hydroxylation is 1. The number of primary amides is 1. The number of hydrogen-bond acceptors (Lipinski definition) is 2. The van der Waals surface area contributed by atoms with Crippen LogP contribution in [0.4, 0.5) is 14.9 Å². The molecule has 1 heterocycles. The summed E-state index contributed by atoms with van der Waals surface area (Å²) in [7, 11) is 0. The van der Waals surface area contributed by atoms with Gasteiger partial charge < -0.3 is 11.1 Å². The largest absolute Gasteiger partial charge is 0.351 e. The van der Waals surface area contributed by atoms with Gasteiger partial charge in [0.1, 0.15) is 5.82 Å². The molecule has 144 valence electrons. The van der Waals surface area contributed by atoms with Crippen molar-refractivity contribution in [1.82, 2.24) is 4.90 Å². The molecule has 1 saturated heterocycles. The van der Waals surface area contributed by atoms with Crippen LogP contribution in [0.2, 0.25) is 5.02 Å². The number of anilines is 1. The maximum absolute atomic E-state index is 13.4. The number of carbonyl (C=O) groups excluding carboxylic acids is 1. The van der Waals surface area contributed by atoms with Crippen LogP contribution in [0, 0.1) is 18.7 Å². The quantitative estimate of drug-likeness (QED) is 0.776. The molecule has 0 aromatic heterocycles. The number of rotatable bonds is 5. The van der Waals surface area contributed by atoms with Crippen LogP contribution < -0.4 is 11.1 Å². The first-order valence-corrected chi connectivity index (χ1v) is 9.61. The Morgan fingerprint density at radius 3 is 2.93 bits per heavy atom. The second kappa shape index (κ2) is 8.72. The Bertz CT molecular complexity index is 827. The van der Waals surface area contributed by atoms with Crippen molar-refractivity contribution in [3.05, 3.63) is 63.9 Å². The highest BCUT2D eigenvalue weighted by Crippen LogP contribution is 2.27. The van der Waals surface area contributed by atoms with Gasteiger partial charge in [0.25, 0.3) is 0 Å². The molecule has 2 aromatic carbocycles. The molecule has 6 heteroatoms. The number of carbonyl (C=O) groups is 1. The topological polar surface area (TPSA) is 58.4 Å². The Hall–Kier alpha value is -2.11. The number of nitrogens with two attached hydrogens (primary N) is 1. The Kier molecular flexibility index (Phi) is 6.34. The summed E-state index contributed by atoms with van der Waals surface area (Å²) in [4.78, 5) is 13.7. The molecule has 0 radical (unpaired) electrons. The summed E-state index contributed by atoms with van der Waals surface area (Å²) in [6.45, 7) is 4.79. The van der Waals surface area contributed by atoms with Crippen molar-refractivity contribution in [2.45, 2.75) is 32.7 Å². The lowest BCUT2D eigenvalue weighted by Gasteiger charge is -2.33. The fraction of sp³-hybridized carbons (Fsp3) is 0.381. The van der Waals surface area contributed by atoms with Gasteiger partial charge in [-0.2, -0.15) is 0 Å². The van der Waals surface area contributed by atoms with Crippen LogP contribution in [0.3, 0.4) is 0 Å². The number of hydrogen-bond donors (Lipinski definition) is 2. The van der Waals surface area contributed by atoms with Gasteiger partial charge >= 0.3 is 6.03 Å². The van der Waals surface area contributed by atoms with Gasteiger partial charge in [-0.15, -0.1) is 0 Å². The van der Waals surface area contributed by atoms with E-state index in [1.807, 2.05) is 31.2 Å². The molecule has 2 aromatic rings. The first-order valence-electron chi connectivity index (χ1n) is 9.23. The van der Waals surface area contributed by atoms with E-state index in [0.717, 1.165) is 61.3 Å². The lowest BCUT2D eigenvalue weighted by molar-refractivity contribution is 0.167. The monoisotopic (exact) mass is 389 g/mol. The van der Waals surface area contributed by atoms with Crippen molar-refractivity contribution < 1.29 is 9.18 Å². The average molecular weight is 390 g/mol. The first kappa shape index (κ1) is 19.6. The van der Waals surface area contributed by atoms with Gasteiger partial charge in [0.05, 0.1) is 5.02 Å². The second-order valence-corrected chi connectivity index (χ2v) is 7.69. The smallest absolute Gasteiger partial charge is 0.316 e. The molecule has 0 aliphatic carbocycles. The molecule has 0 spiro atoms. The number of piperidine rings is 1. The van der Waals surface area contributed by atoms with Gasteiger partial charge in [0.15, 0.2) is 0 Å². The van der Waals surface area contributed by atoms with Crippen LogP contribution in [-0.4, -0.2) is 24.0 Å². The molecule has 1 aliphatic rings. The normalized spacial score (nSPS) is 17.7. The van der Waals surface area contributed by atoms with Crippen molar-refractivity contribution >= 4 is 23.3 Å². The van der Waals surface area contributed by atoms with Gasteiger partial charge in [-0.1, -0.05) is 29.8 Å². The van der Waals surface area contributed by atoms with Crippen molar-refractivity contribution in [1.29, 1.82) is 0 Å². The summed E-state index contributed by atoms with van der Waals surface area (Å²) in [6, 6.07) is 10.3. The summed E-state index contributed by atoms with van der Waals surface area (Å²) in [5.74, 6) is 0.122. The fourth-order valence-corrected chi connectivity index (χ4v) is 4.05. The van der Waals surface area contributed by atoms with Crippen molar-refractivity contribution in [3.8, 4) is 0 Å². The van der Waals surface area contributed by atoms with Crippen LogP contribution in [-0.2, 0) is 13.0 Å². The maximum Gasteiger partial charge on any atom is 0.316 e. The molecule has 1 fully saturated rings. The van der Waals surface area contributed by atoms with Crippen LogP contribution in [0.15, 0.2) is 36.4 Å². The number of urea groups is 1. The summed E-state index contributed by atoms with van der Waals surface area (Å²) >= 11 is 5.91. The standard InChI is InChI=1S/C21H25ClFN3O/c1-14-4-2-6-20(25-21(24)27)17(14)13-26-9-3-5-16(12-26)10-15-7-8-19(23)18(22)11-15/h2,4,6-8,11,16H,3,5,9-10,12-13H2,1H3,(H3,24,25,27). The van der Waals surface area contributed by atoms with Crippen LogP contribution in [0.25, 0.3) is 0 Å². The summed E-state index contributed by atoms with van der Waals surface area (Å²) < 4.78 is 13.4. The minimum atomic E-state index is -0.549. The molecular weight excluding hydrogens is 365 g/mol. The molecule has 0 saturated carbocycles. The zero-order valence-electron chi connectivity index (χ0n) is 15.5. The zero-order chi connectivity index (χ0) is 19.4. The highest BCUT2D eigenvalue weighted by atomic mass is 35.5. The minimum Gasteiger partial charge on any atom is -0.351 e. The molecule has 27 heavy (non-hydrogen) atoms. The summed E-state index contributed by atoms with van der Waals surface area (Å²) in [5, 5.41) is 2.91. The van der Waals surface area contributed by atoms with E-state index in [1.54, 1.807) is 6.07 Å². The number of nitrogens with zero attached hydrogens (tertiary/aromatic N) is 1. The number of amides is 2. The SMILES string of the molecule is Cc1cccc(NC(N)=O)c1CN1CCCC(Cc2ccc(F)c(Cl)c2)C1. The average Bonchev–Trinajstić information content (AvgIpc) is 2.61. The predicted octanol–water partition coefficient (Wildman–Crippen LogP) is 4.73. The van der Waals surface area contributed by atoms with E-state index >= 15 is 0 Å². The molecule has 3 N–H and O–H groups in total. The molecule has 3 rings (SSSR count). The van der Waals surface area contributed by atoms with E-state index < -0.39 is 6.03 Å². The fourth-order valence-electron chi connectivity index (χ4n) is 3.85. The highest BCUT2D eigenvalue weighted by molar-refractivity contribution is 6.30. The van der Waals surface area contributed by atoms with Crippen molar-refractivity contribution in [2.75, 3.05) is 18.4 Å². The third kappa shape index (κ3) is 5.21. The number of halogens is 2. The zero-order valence-corrected chi connectivity index (χ0v) is 16.2. The summed E-state index contributed by atoms with van der Waals surface area (Å²) in [6.07, 6.45) is 3.15. The third-order valence-corrected chi connectivity index (χ3v) is 5.45. The second-order valence-electron chi connectivity index (χ2n) is 7.29. The van der Waals surface area contributed by atoms with Gasteiger partial charge in [-0.25, -0.2) is 9.18 Å². The number of nitrogens with one attached hydrogen (secondary N) is 1. The number of benzene rings is 2. The van der Waals surface area contributed by atoms with Crippen LogP contribution >= 0.6 is 11.6 Å². The van der Waals surface area contributed by atoms with E-state index in [4.69, 9.17) is 17.3 Å². The Morgan fingerprint density at radius 1 is 1.37 bits per heavy atom. The maximum atomic E-state index is 13.4. The summed E-state index contributed by atoms with van der Waals surface area (Å²) in [5.41, 5.74) is 9.38. The molecule has 1 unspecified atom stereocenters. The highest BCUT2D eigenvalue weighted by Gasteiger charge is 2.22. The van der Waals surface area contributed by atoms with Gasteiger partial charge in [-0.3, -0.25) is 4.90 Å². The predicted molar refractivity (Wildman–Crippen MR) is 108 cm³/mol. The molecule has 1 atom stereocenters. The Balaban J connectivity index is 1.68. The first-order chi connectivity index (χ1) is 12.9. The third-order valence-electron chi connectivity index (χ3n) is 5.16. The lowest BCUT2D eigenvalue weighted by atomic mass is 9.91. The van der Waals surface area contributed by atoms with Crippen LogP contribution in [0.1, 0.15) is 29.5 Å².